The van der Waals surface area contributed by atoms with Crippen molar-refractivity contribution in [2.75, 3.05) is 52.9 Å². The summed E-state index contributed by atoms with van der Waals surface area (Å²) in [5.41, 5.74) is 22.6. The van der Waals surface area contributed by atoms with Crippen LogP contribution in [-0.2, 0) is 51.4 Å². The quantitative estimate of drug-likeness (QED) is 0.0531. The number of ether oxygens (including phenoxy) is 8. The average molecular weight is 1260 g/mol. The molecule has 0 aliphatic heterocycles. The molecule has 9 aromatic carbocycles. The Bertz CT molecular complexity index is 3550. The first kappa shape index (κ1) is 66.8. The van der Waals surface area contributed by atoms with Gasteiger partial charge in [0.25, 0.3) is 0 Å². The van der Waals surface area contributed by atoms with Gasteiger partial charge in [0.05, 0.1) is 52.9 Å². The summed E-state index contributed by atoms with van der Waals surface area (Å²) in [6.07, 6.45) is 12.2. The third-order valence-corrected chi connectivity index (χ3v) is 17.7. The van der Waals surface area contributed by atoms with Crippen LogP contribution in [0, 0.1) is 0 Å². The van der Waals surface area contributed by atoms with Gasteiger partial charge in [0.1, 0.15) is 46.0 Å². The zero-order chi connectivity index (χ0) is 65.2. The SMILES string of the molecule is CCCOc1c2cccc1Cc1cccc(c1OCCC)Cc1cc(-c3cccc(-c4cc5c(OCCC)c(c4)Cc4cccc(c4OCCC)Cc4cccc(c4OCCC)Cc4cccc(c4OCCC)C5)c3)cc(c1OCCC)Cc1cccc(c1OCCC)C2. The highest BCUT2D eigenvalue weighted by molar-refractivity contribution is 5.77. The van der Waals surface area contributed by atoms with Gasteiger partial charge in [-0.2, -0.15) is 0 Å². The lowest BCUT2D eigenvalue weighted by atomic mass is 9.88. The minimum atomic E-state index is 0.584. The van der Waals surface area contributed by atoms with Gasteiger partial charge in [-0.05, 0) is 193 Å². The smallest absolute Gasteiger partial charge is 0.126 e. The molecule has 490 valence electrons. The van der Waals surface area contributed by atoms with Crippen LogP contribution in [0.15, 0.2) is 158 Å². The van der Waals surface area contributed by atoms with Crippen LogP contribution in [-0.4, -0.2) is 52.9 Å². The molecule has 94 heavy (non-hydrogen) atoms. The first-order chi connectivity index (χ1) is 46.3. The van der Waals surface area contributed by atoms with Crippen LogP contribution in [0.1, 0.15) is 196 Å². The molecule has 0 atom stereocenters. The Morgan fingerprint density at radius 2 is 0.330 bits per heavy atom. The number of hydrogen-bond acceptors (Lipinski definition) is 8. The first-order valence-electron chi connectivity index (χ1n) is 35.4. The molecule has 0 heterocycles. The van der Waals surface area contributed by atoms with E-state index in [-0.39, 0.29) is 0 Å². The molecular formula is C86H98O8. The maximum Gasteiger partial charge on any atom is 0.126 e. The van der Waals surface area contributed by atoms with Gasteiger partial charge in [-0.3, -0.25) is 0 Å². The molecule has 2 aliphatic carbocycles. The number of hydrogen-bond donors (Lipinski definition) is 0. The molecule has 8 nitrogen and oxygen atoms in total. The molecule has 0 saturated carbocycles. The topological polar surface area (TPSA) is 73.8 Å². The summed E-state index contributed by atoms with van der Waals surface area (Å²) in [6, 6.07) is 58.7. The van der Waals surface area contributed by atoms with Gasteiger partial charge in [-0.25, -0.2) is 0 Å². The Morgan fingerprint density at radius 1 is 0.181 bits per heavy atom. The van der Waals surface area contributed by atoms with Crippen LogP contribution in [0.2, 0.25) is 0 Å². The lowest BCUT2D eigenvalue weighted by Crippen LogP contribution is -2.10. The van der Waals surface area contributed by atoms with Gasteiger partial charge in [-0.15, -0.1) is 0 Å². The second-order valence-corrected chi connectivity index (χ2v) is 25.5. The highest BCUT2D eigenvalue weighted by Gasteiger charge is 2.26. The fourth-order valence-corrected chi connectivity index (χ4v) is 13.5. The van der Waals surface area contributed by atoms with E-state index >= 15 is 0 Å². The van der Waals surface area contributed by atoms with Crippen molar-refractivity contribution in [3.8, 4) is 68.2 Å². The van der Waals surface area contributed by atoms with Gasteiger partial charge >= 0.3 is 0 Å². The first-order valence-corrected chi connectivity index (χ1v) is 35.4. The fraction of sp³-hybridized carbons (Fsp3) is 0.372. The molecular weight excluding hydrogens is 1160 g/mol. The van der Waals surface area contributed by atoms with E-state index in [2.05, 4.69) is 213 Å². The molecule has 16 bridgehead atoms. The highest BCUT2D eigenvalue weighted by atomic mass is 16.5. The van der Waals surface area contributed by atoms with Crippen molar-refractivity contribution in [1.82, 2.24) is 0 Å². The van der Waals surface area contributed by atoms with Crippen LogP contribution in [0.25, 0.3) is 22.3 Å². The van der Waals surface area contributed by atoms with Crippen molar-refractivity contribution in [1.29, 1.82) is 0 Å². The van der Waals surface area contributed by atoms with Crippen LogP contribution >= 0.6 is 0 Å². The minimum absolute atomic E-state index is 0.584. The lowest BCUT2D eigenvalue weighted by Gasteiger charge is -2.24. The molecule has 9 aromatic rings. The number of fused-ring (bicyclic) bond motifs is 16. The summed E-state index contributed by atoms with van der Waals surface area (Å²) in [5, 5.41) is 0. The number of rotatable bonds is 26. The highest BCUT2D eigenvalue weighted by Crippen LogP contribution is 2.45. The van der Waals surface area contributed by atoms with Crippen LogP contribution in [0.4, 0.5) is 0 Å². The summed E-state index contributed by atoms with van der Waals surface area (Å²) >= 11 is 0. The van der Waals surface area contributed by atoms with E-state index in [1.165, 1.54) is 0 Å². The Labute approximate surface area is 560 Å². The molecule has 0 radical (unpaired) electrons. The molecule has 8 heteroatoms. The average Bonchev–Trinajstić information content (AvgIpc) is 1.25. The molecule has 0 fully saturated rings. The monoisotopic (exact) mass is 1260 g/mol. The molecule has 0 unspecified atom stereocenters. The maximum absolute atomic E-state index is 7.08. The van der Waals surface area contributed by atoms with Crippen LogP contribution in [0.3, 0.4) is 0 Å². The molecule has 0 saturated heterocycles. The zero-order valence-corrected chi connectivity index (χ0v) is 57.2. The Kier molecular flexibility index (Phi) is 23.4. The van der Waals surface area contributed by atoms with E-state index in [1.807, 2.05) is 0 Å². The van der Waals surface area contributed by atoms with E-state index in [9.17, 15) is 0 Å². The summed E-state index contributed by atoms with van der Waals surface area (Å²) in [4.78, 5) is 0. The summed E-state index contributed by atoms with van der Waals surface area (Å²) in [7, 11) is 0. The summed E-state index contributed by atoms with van der Waals surface area (Å²) < 4.78 is 55.3. The Balaban J connectivity index is 1.11. The van der Waals surface area contributed by atoms with Crippen LogP contribution in [0.5, 0.6) is 46.0 Å². The van der Waals surface area contributed by atoms with Crippen LogP contribution < -0.4 is 37.9 Å². The van der Waals surface area contributed by atoms with Gasteiger partial charge in [0, 0.05) is 51.4 Å². The Morgan fingerprint density at radius 3 is 0.500 bits per heavy atom. The zero-order valence-electron chi connectivity index (χ0n) is 57.2. The summed E-state index contributed by atoms with van der Waals surface area (Å²) in [6.45, 7) is 22.3. The molecule has 0 aromatic heterocycles. The third kappa shape index (κ3) is 15.8. The van der Waals surface area contributed by atoms with E-state index in [4.69, 9.17) is 37.9 Å². The maximum atomic E-state index is 7.08. The molecule has 0 N–H and O–H groups in total. The standard InChI is InChI=1S/C86H98O8/c1-9-38-87-79-61-26-18-27-62(79)48-66-31-21-35-70(82(66)90-41-12-4)52-76-56-73(55-75(85(76)93-44-15-7)51-69-34-20-30-65(47-61)81(69)89-40-11-3)59-24-17-25-60(46-59)74-57-77-53-71-36-22-32-67(83(71)91-42-13-5)49-63-28-19-29-64(80(63)88-39-10-2)50-68-33-23-37-72(84(68)92-43-14-6)54-78(58-74)86(77)94-45-16-8/h17-37,46,55-58H,9-16,38-45,47-54H2,1-8H3. The van der Waals surface area contributed by atoms with E-state index in [0.29, 0.717) is 104 Å². The predicted molar refractivity (Wildman–Crippen MR) is 385 cm³/mol. The van der Waals surface area contributed by atoms with Gasteiger partial charge in [0.2, 0.25) is 0 Å². The summed E-state index contributed by atoms with van der Waals surface area (Å²) in [5.74, 6) is 7.51. The molecule has 0 spiro atoms. The molecule has 0 amide bonds. The van der Waals surface area contributed by atoms with Gasteiger partial charge in [-0.1, -0.05) is 183 Å². The van der Waals surface area contributed by atoms with E-state index < -0.39 is 0 Å². The van der Waals surface area contributed by atoms with Crippen molar-refractivity contribution in [3.05, 3.63) is 247 Å². The second kappa shape index (κ2) is 33.0. The number of para-hydroxylation sites is 6. The van der Waals surface area contributed by atoms with Crippen molar-refractivity contribution in [2.24, 2.45) is 0 Å². The van der Waals surface area contributed by atoms with Crippen molar-refractivity contribution in [2.45, 2.75) is 158 Å². The minimum Gasteiger partial charge on any atom is -0.493 e. The van der Waals surface area contributed by atoms with Crippen molar-refractivity contribution in [3.63, 3.8) is 0 Å². The largest absolute Gasteiger partial charge is 0.493 e. The Hall–Kier alpha value is -8.62. The van der Waals surface area contributed by atoms with Crippen molar-refractivity contribution < 1.29 is 37.9 Å². The van der Waals surface area contributed by atoms with E-state index in [1.54, 1.807) is 0 Å². The van der Waals surface area contributed by atoms with Gasteiger partial charge in [0.15, 0.2) is 0 Å². The second-order valence-electron chi connectivity index (χ2n) is 25.5. The van der Waals surface area contributed by atoms with Crippen molar-refractivity contribution >= 4 is 0 Å². The van der Waals surface area contributed by atoms with E-state index in [0.717, 1.165) is 209 Å². The van der Waals surface area contributed by atoms with Gasteiger partial charge < -0.3 is 37.9 Å². The molecule has 11 rings (SSSR count). The normalized spacial score (nSPS) is 12.6. The number of benzene rings is 9. The third-order valence-electron chi connectivity index (χ3n) is 17.7. The molecule has 2 aliphatic rings. The lowest BCUT2D eigenvalue weighted by molar-refractivity contribution is 0.304. The fourth-order valence-electron chi connectivity index (χ4n) is 13.5. The predicted octanol–water partition coefficient (Wildman–Crippen LogP) is 20.7.